The lowest BCUT2D eigenvalue weighted by Crippen LogP contribution is -3.19. The van der Waals surface area contributed by atoms with Gasteiger partial charge in [0.2, 0.25) is 0 Å². The Morgan fingerprint density at radius 3 is 2.82 bits per heavy atom. The zero-order valence-electron chi connectivity index (χ0n) is 12.0. The number of quaternary nitrogens is 1. The van der Waals surface area contributed by atoms with E-state index in [0.29, 0.717) is 0 Å². The Labute approximate surface area is 143 Å². The highest BCUT2D eigenvalue weighted by atomic mass is 35.5. The highest BCUT2D eigenvalue weighted by Gasteiger charge is 2.45. The van der Waals surface area contributed by atoms with Crippen LogP contribution in [0.25, 0.3) is 10.2 Å². The lowest BCUT2D eigenvalue weighted by Gasteiger charge is -2.14. The van der Waals surface area contributed by atoms with Crippen molar-refractivity contribution in [2.45, 2.75) is 13.8 Å². The lowest BCUT2D eigenvalue weighted by molar-refractivity contribution is -0.705. The number of anilines is 1. The van der Waals surface area contributed by atoms with Crippen LogP contribution in [-0.2, 0) is 0 Å². The fraction of sp³-hybridized carbons (Fsp3) is 0.308. The molecule has 0 aliphatic carbocycles. The number of nitrogens with one attached hydrogen (secondary N) is 3. The van der Waals surface area contributed by atoms with E-state index in [4.69, 9.17) is 0 Å². The summed E-state index contributed by atoms with van der Waals surface area (Å²) in [6.07, 6.45) is 0. The molecule has 0 aromatic carbocycles. The minimum Gasteiger partial charge on any atom is -1.00 e. The molecule has 0 radical (unpaired) electrons. The molecule has 6 nitrogen and oxygen atoms in total. The monoisotopic (exact) mass is 362 g/mol. The van der Waals surface area contributed by atoms with Gasteiger partial charge >= 0.3 is 11.9 Å². The van der Waals surface area contributed by atoms with Gasteiger partial charge in [0.1, 0.15) is 4.83 Å². The molecule has 2 aliphatic rings. The summed E-state index contributed by atoms with van der Waals surface area (Å²) < 4.78 is 0. The molecular formula is C13H16Cl2N4O2S. The van der Waals surface area contributed by atoms with Crippen molar-refractivity contribution in [3.8, 4) is 0 Å². The number of aromatic nitrogens is 1. The maximum atomic E-state index is 12.1. The summed E-state index contributed by atoms with van der Waals surface area (Å²) in [5, 5.41) is 4.13. The molecule has 4 heterocycles. The average molecular weight is 363 g/mol. The van der Waals surface area contributed by atoms with Crippen molar-refractivity contribution in [2.24, 2.45) is 0 Å². The lowest BCUT2D eigenvalue weighted by atomic mass is 10.1. The topological polar surface area (TPSA) is 91.9 Å². The summed E-state index contributed by atoms with van der Waals surface area (Å²) in [7, 11) is 0. The number of amidine groups is 1. The van der Waals surface area contributed by atoms with Gasteiger partial charge in [-0.05, 0) is 25.5 Å². The predicted octanol–water partition coefficient (Wildman–Crippen LogP) is -7.63. The Morgan fingerprint density at radius 1 is 1.36 bits per heavy atom. The molecular weight excluding hydrogens is 347 g/mol. The van der Waals surface area contributed by atoms with Gasteiger partial charge in [-0.3, -0.25) is 5.32 Å². The molecule has 2 amide bonds. The molecule has 9 heteroatoms. The number of carbonyl (C=O) groups is 1. The molecule has 0 saturated carbocycles. The van der Waals surface area contributed by atoms with Gasteiger partial charge in [-0.15, -0.1) is 11.3 Å². The zero-order valence-corrected chi connectivity index (χ0v) is 14.3. The van der Waals surface area contributed by atoms with Gasteiger partial charge in [0, 0.05) is 11.1 Å². The Kier molecular flexibility index (Phi) is 5.53. The smallest absolute Gasteiger partial charge is 0.429 e. The minimum absolute atomic E-state index is 0. The first-order valence-electron chi connectivity index (χ1n) is 6.34. The molecule has 1 atom stereocenters. The second-order valence-electron chi connectivity index (χ2n) is 5.05. The summed E-state index contributed by atoms with van der Waals surface area (Å²) in [6.45, 7) is 5.72. The van der Waals surface area contributed by atoms with Crippen molar-refractivity contribution in [1.82, 2.24) is 4.98 Å². The number of aryl methyl sites for hydroxylation is 2. The van der Waals surface area contributed by atoms with Crippen molar-refractivity contribution in [2.75, 3.05) is 18.4 Å². The van der Waals surface area contributed by atoms with Gasteiger partial charge in [-0.1, -0.05) is 0 Å². The van der Waals surface area contributed by atoms with Crippen molar-refractivity contribution in [3.63, 3.8) is 0 Å². The molecule has 0 bridgehead atoms. The average Bonchev–Trinajstić information content (AvgIpc) is 2.92. The molecule has 2 aromatic heterocycles. The van der Waals surface area contributed by atoms with Gasteiger partial charge in [0.05, 0.1) is 5.69 Å². The number of hydrogen-bond acceptors (Lipinski definition) is 3. The van der Waals surface area contributed by atoms with Crippen LogP contribution < -0.4 is 40.0 Å². The highest BCUT2D eigenvalue weighted by Crippen LogP contribution is 2.37. The van der Waals surface area contributed by atoms with Gasteiger partial charge < -0.3 is 30.3 Å². The molecule has 2 aliphatic heterocycles. The predicted molar refractivity (Wildman–Crippen MR) is 77.5 cm³/mol. The van der Waals surface area contributed by atoms with Crippen molar-refractivity contribution >= 4 is 39.1 Å². The Morgan fingerprint density at radius 2 is 2.09 bits per heavy atom. The van der Waals surface area contributed by atoms with E-state index in [9.17, 15) is 4.79 Å². The molecule has 2 aromatic rings. The van der Waals surface area contributed by atoms with Crippen LogP contribution in [0, 0.1) is 13.8 Å². The van der Waals surface area contributed by atoms with Crippen LogP contribution in [-0.4, -0.2) is 35.4 Å². The first kappa shape index (κ1) is 18.8. The van der Waals surface area contributed by atoms with Crippen molar-refractivity contribution < 1.29 is 45.0 Å². The van der Waals surface area contributed by atoms with Crippen LogP contribution in [0.4, 0.5) is 10.5 Å². The van der Waals surface area contributed by atoms with E-state index < -0.39 is 0 Å². The SMILES string of the molecule is Cc1cc(C)c2c3c(sc2n1)C1=[NH+]CC[NH+]1C(=O)N3.O.[Cl-].[Cl-]. The second-order valence-corrected chi connectivity index (χ2v) is 6.05. The number of halogens is 2. The van der Waals surface area contributed by atoms with Crippen LogP contribution in [0.2, 0.25) is 0 Å². The molecule has 0 saturated heterocycles. The number of carbonyl (C=O) groups excluding carboxylic acids is 1. The maximum Gasteiger partial charge on any atom is 0.429 e. The largest absolute Gasteiger partial charge is 1.00 e. The van der Waals surface area contributed by atoms with E-state index in [-0.39, 0.29) is 36.3 Å². The summed E-state index contributed by atoms with van der Waals surface area (Å²) in [6, 6.07) is 2.10. The number of rotatable bonds is 0. The molecule has 22 heavy (non-hydrogen) atoms. The molecule has 4 rings (SSSR count). The number of hydrogen-bond donors (Lipinski definition) is 3. The quantitative estimate of drug-likeness (QED) is 0.434. The summed E-state index contributed by atoms with van der Waals surface area (Å²) in [5.74, 6) is 1.01. The fourth-order valence-electron chi connectivity index (χ4n) is 2.91. The Balaban J connectivity index is 0.000000807. The number of fused-ring (bicyclic) bond motifs is 5. The van der Waals surface area contributed by atoms with Crippen LogP contribution in [0.1, 0.15) is 16.1 Å². The summed E-state index contributed by atoms with van der Waals surface area (Å²) in [5.41, 5.74) is 3.12. The van der Waals surface area contributed by atoms with E-state index in [1.54, 1.807) is 11.3 Å². The van der Waals surface area contributed by atoms with E-state index >= 15 is 0 Å². The number of pyridine rings is 1. The molecule has 1 unspecified atom stereocenters. The van der Waals surface area contributed by atoms with Crippen LogP contribution in [0.3, 0.4) is 0 Å². The third-order valence-electron chi connectivity index (χ3n) is 3.71. The first-order valence-corrected chi connectivity index (χ1v) is 7.16. The van der Waals surface area contributed by atoms with Crippen LogP contribution in [0.15, 0.2) is 6.07 Å². The highest BCUT2D eigenvalue weighted by molar-refractivity contribution is 7.21. The number of urea groups is 1. The van der Waals surface area contributed by atoms with Crippen LogP contribution >= 0.6 is 11.3 Å². The third-order valence-corrected chi connectivity index (χ3v) is 4.81. The van der Waals surface area contributed by atoms with E-state index in [2.05, 4.69) is 28.3 Å². The van der Waals surface area contributed by atoms with Crippen molar-refractivity contribution in [3.05, 3.63) is 22.2 Å². The second kappa shape index (κ2) is 6.47. The van der Waals surface area contributed by atoms with E-state index in [1.165, 1.54) is 5.56 Å². The molecule has 5 N–H and O–H groups in total. The first-order chi connectivity index (χ1) is 9.15. The summed E-state index contributed by atoms with van der Waals surface area (Å²) >= 11 is 1.66. The number of amides is 2. The van der Waals surface area contributed by atoms with E-state index in [0.717, 1.165) is 50.3 Å². The standard InChI is InChI=1S/C13H12N4OS.2ClH.H2O/c1-6-5-7(2)15-12-8(6)9-10(19-12)11-14-3-4-17(11)13(18)16-9;;;/h5H,3-4H2,1-2H3,(H,16,18);2*1H;1H2. The summed E-state index contributed by atoms with van der Waals surface area (Å²) in [4.78, 5) is 23.1. The molecule has 120 valence electrons. The number of thiophene rings is 1. The van der Waals surface area contributed by atoms with Gasteiger partial charge in [0.15, 0.2) is 18.0 Å². The Bertz CT molecular complexity index is 775. The molecule has 0 fully saturated rings. The third kappa shape index (κ3) is 2.49. The molecule has 0 spiro atoms. The van der Waals surface area contributed by atoms with Gasteiger partial charge in [0.25, 0.3) is 0 Å². The van der Waals surface area contributed by atoms with Gasteiger partial charge in [-0.2, -0.15) is 9.89 Å². The maximum absolute atomic E-state index is 12.1. The normalized spacial score (nSPS) is 18.2. The van der Waals surface area contributed by atoms with E-state index in [1.807, 2.05) is 6.92 Å². The number of nitrogens with zero attached hydrogens (tertiary/aromatic N) is 1. The zero-order chi connectivity index (χ0) is 13.1. The Hall–Kier alpha value is -1.25. The van der Waals surface area contributed by atoms with Gasteiger partial charge in [-0.25, -0.2) is 9.78 Å². The van der Waals surface area contributed by atoms with Crippen molar-refractivity contribution in [1.29, 1.82) is 0 Å². The fourth-order valence-corrected chi connectivity index (χ4v) is 4.22. The minimum atomic E-state index is 0. The van der Waals surface area contributed by atoms with Crippen LogP contribution in [0.5, 0.6) is 0 Å².